The highest BCUT2D eigenvalue weighted by Crippen LogP contribution is 2.37. The molecule has 4 rings (SSSR count). The number of hydrogen-bond acceptors (Lipinski definition) is 4. The summed E-state index contributed by atoms with van der Waals surface area (Å²) < 4.78 is 2.11. The average molecular weight is 503 g/mol. The molecule has 1 aromatic heterocycles. The predicted octanol–water partition coefficient (Wildman–Crippen LogP) is 5.33. The maximum absolute atomic E-state index is 12.4. The summed E-state index contributed by atoms with van der Waals surface area (Å²) in [5.41, 5.74) is 3.42. The van der Waals surface area contributed by atoms with Crippen molar-refractivity contribution < 1.29 is 14.7 Å². The van der Waals surface area contributed by atoms with E-state index >= 15 is 0 Å². The van der Waals surface area contributed by atoms with E-state index in [-0.39, 0.29) is 18.8 Å². The Labute approximate surface area is 214 Å². The third-order valence-electron chi connectivity index (χ3n) is 7.48. The van der Waals surface area contributed by atoms with Gasteiger partial charge >= 0.3 is 5.97 Å². The highest BCUT2D eigenvalue weighted by Gasteiger charge is 2.28. The number of nitrogens with zero attached hydrogens (tertiary/aromatic N) is 4. The fraction of sp³-hybridized carbons (Fsp3) is 0.593. The van der Waals surface area contributed by atoms with Crippen LogP contribution in [-0.2, 0) is 16.0 Å². The maximum Gasteiger partial charge on any atom is 0.305 e. The Balaban J connectivity index is 0.00000342. The number of amides is 1. The number of carbonyl (C=O) groups is 2. The van der Waals surface area contributed by atoms with Crippen molar-refractivity contribution in [3.05, 3.63) is 35.9 Å². The minimum absolute atomic E-state index is 0. The first-order chi connectivity index (χ1) is 16.6. The molecule has 1 atom stereocenters. The number of anilines is 1. The second-order valence-corrected chi connectivity index (χ2v) is 9.74. The second-order valence-electron chi connectivity index (χ2n) is 9.74. The normalized spacial score (nSPS) is 17.6. The number of hydrogen-bond donors (Lipinski definition) is 1. The molecule has 1 aliphatic heterocycles. The van der Waals surface area contributed by atoms with E-state index in [1.54, 1.807) is 4.90 Å². The number of carboxylic acid groups (broad SMARTS) is 1. The van der Waals surface area contributed by atoms with Crippen molar-refractivity contribution in [2.24, 2.45) is 0 Å². The summed E-state index contributed by atoms with van der Waals surface area (Å²) in [6.45, 7) is 5.05. The van der Waals surface area contributed by atoms with Crippen LogP contribution in [0.15, 0.2) is 30.3 Å². The Bertz CT molecular complexity index is 967. The van der Waals surface area contributed by atoms with E-state index in [1.807, 2.05) is 12.1 Å². The van der Waals surface area contributed by atoms with Gasteiger partial charge in [-0.05, 0) is 57.2 Å². The number of piperidine rings is 1. The molecule has 2 aliphatic rings. The fourth-order valence-electron chi connectivity index (χ4n) is 5.60. The maximum atomic E-state index is 12.4. The van der Waals surface area contributed by atoms with Crippen molar-refractivity contribution in [1.82, 2.24) is 14.7 Å². The number of benzene rings is 1. The van der Waals surface area contributed by atoms with Crippen LogP contribution in [0.4, 0.5) is 5.82 Å². The lowest BCUT2D eigenvalue weighted by Crippen LogP contribution is -2.40. The number of carbonyl (C=O) groups excluding carboxylic acids is 1. The number of rotatable bonds is 11. The monoisotopic (exact) mass is 502 g/mol. The van der Waals surface area contributed by atoms with Crippen molar-refractivity contribution in [3.63, 3.8) is 0 Å². The van der Waals surface area contributed by atoms with Gasteiger partial charge in [-0.1, -0.05) is 50.5 Å². The number of likely N-dealkylation sites (tertiary alicyclic amines) is 1. The highest BCUT2D eigenvalue weighted by atomic mass is 35.5. The molecule has 0 radical (unpaired) electrons. The van der Waals surface area contributed by atoms with Gasteiger partial charge in [0.05, 0.1) is 18.2 Å². The quantitative estimate of drug-likeness (QED) is 0.420. The van der Waals surface area contributed by atoms with E-state index in [1.165, 1.54) is 37.7 Å². The Kier molecular flexibility index (Phi) is 10.2. The molecule has 2 heterocycles. The largest absolute Gasteiger partial charge is 0.481 e. The smallest absolute Gasteiger partial charge is 0.305 e. The van der Waals surface area contributed by atoms with Crippen LogP contribution in [0.1, 0.15) is 76.3 Å². The van der Waals surface area contributed by atoms with Crippen molar-refractivity contribution in [2.45, 2.75) is 83.2 Å². The minimum atomic E-state index is -0.887. The average Bonchev–Trinajstić information content (AvgIpc) is 3.53. The highest BCUT2D eigenvalue weighted by molar-refractivity contribution is 5.85. The third kappa shape index (κ3) is 6.64. The van der Waals surface area contributed by atoms with Crippen LogP contribution in [0.3, 0.4) is 0 Å². The summed E-state index contributed by atoms with van der Waals surface area (Å²) in [7, 11) is 0. The second kappa shape index (κ2) is 13.1. The van der Waals surface area contributed by atoms with E-state index < -0.39 is 12.0 Å². The van der Waals surface area contributed by atoms with Crippen molar-refractivity contribution in [2.75, 3.05) is 24.5 Å². The van der Waals surface area contributed by atoms with E-state index in [2.05, 4.69) is 34.7 Å². The Morgan fingerprint density at radius 1 is 1.17 bits per heavy atom. The standard InChI is InChI=1S/C27H38N4O3.ClH/c1-2-21-10-4-7-13-24(21)25-19-26(28-31(25)22-11-5-6-12-22)30(20-32)23(18-27(33)34)14-17-29-15-8-3-9-16-29;/h4,7,10,13,19-20,22-23H,2-3,5-6,8-9,11-12,14-18H2,1H3,(H,33,34);1H/t23-;/m0./s1. The summed E-state index contributed by atoms with van der Waals surface area (Å²) in [5, 5.41) is 14.6. The predicted molar refractivity (Wildman–Crippen MR) is 141 cm³/mol. The van der Waals surface area contributed by atoms with E-state index in [0.717, 1.165) is 56.6 Å². The molecule has 0 unspecified atom stereocenters. The summed E-state index contributed by atoms with van der Waals surface area (Å²) in [4.78, 5) is 28.0. The Morgan fingerprint density at radius 2 is 1.89 bits per heavy atom. The molecule has 0 spiro atoms. The van der Waals surface area contributed by atoms with E-state index in [4.69, 9.17) is 5.10 Å². The Morgan fingerprint density at radius 3 is 2.54 bits per heavy atom. The molecule has 0 bridgehead atoms. The molecule has 1 N–H and O–H groups in total. The summed E-state index contributed by atoms with van der Waals surface area (Å²) >= 11 is 0. The molecule has 8 heteroatoms. The van der Waals surface area contributed by atoms with Crippen LogP contribution in [-0.4, -0.2) is 57.8 Å². The minimum Gasteiger partial charge on any atom is -0.481 e. The first kappa shape index (κ1) is 27.2. The van der Waals surface area contributed by atoms with Gasteiger partial charge in [0.25, 0.3) is 0 Å². The zero-order chi connectivity index (χ0) is 23.9. The van der Waals surface area contributed by atoms with Gasteiger partial charge in [0.2, 0.25) is 6.41 Å². The molecule has 1 aromatic carbocycles. The van der Waals surface area contributed by atoms with Gasteiger partial charge in [-0.2, -0.15) is 5.10 Å². The van der Waals surface area contributed by atoms with Gasteiger partial charge in [0.1, 0.15) is 0 Å². The SMILES string of the molecule is CCc1ccccc1-c1cc(N(C=O)[C@@H](CCN2CCCCC2)CC(=O)O)nn1C1CCCC1.Cl. The van der Waals surface area contributed by atoms with Crippen LogP contribution in [0.25, 0.3) is 11.3 Å². The first-order valence-electron chi connectivity index (χ1n) is 13.0. The van der Waals surface area contributed by atoms with Gasteiger partial charge in [-0.15, -0.1) is 12.4 Å². The first-order valence-corrected chi connectivity index (χ1v) is 13.0. The molecule has 1 amide bonds. The number of halogens is 1. The van der Waals surface area contributed by atoms with Gasteiger partial charge in [-0.3, -0.25) is 19.2 Å². The third-order valence-corrected chi connectivity index (χ3v) is 7.48. The molecule has 1 saturated carbocycles. The van der Waals surface area contributed by atoms with Gasteiger partial charge in [0, 0.05) is 24.2 Å². The number of aryl methyl sites for hydroxylation is 1. The van der Waals surface area contributed by atoms with E-state index in [9.17, 15) is 14.7 Å². The van der Waals surface area contributed by atoms with Crippen molar-refractivity contribution in [3.8, 4) is 11.3 Å². The topological polar surface area (TPSA) is 78.7 Å². The van der Waals surface area contributed by atoms with Gasteiger partial charge in [0.15, 0.2) is 5.82 Å². The number of aliphatic carboxylic acids is 1. The van der Waals surface area contributed by atoms with Gasteiger partial charge in [-0.25, -0.2) is 0 Å². The van der Waals surface area contributed by atoms with Gasteiger partial charge < -0.3 is 10.0 Å². The van der Waals surface area contributed by atoms with Crippen LogP contribution in [0.5, 0.6) is 0 Å². The molecule has 2 fully saturated rings. The zero-order valence-electron chi connectivity index (χ0n) is 20.8. The molecular weight excluding hydrogens is 464 g/mol. The molecular formula is C27H39ClN4O3. The zero-order valence-corrected chi connectivity index (χ0v) is 21.6. The lowest BCUT2D eigenvalue weighted by Gasteiger charge is -2.30. The summed E-state index contributed by atoms with van der Waals surface area (Å²) in [6, 6.07) is 10.3. The van der Waals surface area contributed by atoms with Crippen LogP contribution in [0.2, 0.25) is 0 Å². The van der Waals surface area contributed by atoms with Crippen molar-refractivity contribution in [1.29, 1.82) is 0 Å². The number of aromatic nitrogens is 2. The van der Waals surface area contributed by atoms with E-state index in [0.29, 0.717) is 18.3 Å². The van der Waals surface area contributed by atoms with Crippen LogP contribution < -0.4 is 4.90 Å². The lowest BCUT2D eigenvalue weighted by molar-refractivity contribution is -0.137. The molecule has 35 heavy (non-hydrogen) atoms. The summed E-state index contributed by atoms with van der Waals surface area (Å²) in [5.74, 6) is -0.324. The number of carboxylic acids is 1. The summed E-state index contributed by atoms with van der Waals surface area (Å²) in [6.07, 6.45) is 10.4. The Hall–Kier alpha value is -2.38. The van der Waals surface area contributed by atoms with Crippen LogP contribution in [0, 0.1) is 0 Å². The lowest BCUT2D eigenvalue weighted by atomic mass is 10.0. The molecule has 7 nitrogen and oxygen atoms in total. The fourth-order valence-corrected chi connectivity index (χ4v) is 5.60. The molecule has 192 valence electrons. The molecule has 1 saturated heterocycles. The van der Waals surface area contributed by atoms with Crippen molar-refractivity contribution >= 4 is 30.6 Å². The van der Waals surface area contributed by atoms with Crippen LogP contribution >= 0.6 is 12.4 Å². The molecule has 2 aromatic rings. The molecule has 1 aliphatic carbocycles.